The maximum atomic E-state index is 17.5. The van der Waals surface area contributed by atoms with Crippen molar-refractivity contribution in [2.75, 3.05) is 43.5 Å². The maximum absolute atomic E-state index is 17.5. The van der Waals surface area contributed by atoms with E-state index in [0.29, 0.717) is 28.8 Å². The minimum absolute atomic E-state index is 0.00209. The van der Waals surface area contributed by atoms with E-state index in [9.17, 15) is 24.3 Å². The number of piperazine rings is 1. The number of hydrogen-bond donors (Lipinski definition) is 2. The van der Waals surface area contributed by atoms with E-state index in [-0.39, 0.29) is 107 Å². The van der Waals surface area contributed by atoms with E-state index in [1.54, 1.807) is 27.8 Å². The first-order chi connectivity index (χ1) is 25.2. The average molecular weight is 753 g/mol. The number of carbonyl (C=O) groups excluding carboxylic acids is 1. The molecule has 4 aromatic rings. The van der Waals surface area contributed by atoms with Gasteiger partial charge in [0.1, 0.15) is 40.8 Å². The number of nitriles is 1. The molecule has 18 heteroatoms. The van der Waals surface area contributed by atoms with Crippen LogP contribution in [0.1, 0.15) is 50.3 Å². The van der Waals surface area contributed by atoms with E-state index < -0.39 is 35.6 Å². The zero-order valence-corrected chi connectivity index (χ0v) is 30.0. The zero-order valence-electron chi connectivity index (χ0n) is 29.2. The Balaban J connectivity index is 1.30. The van der Waals surface area contributed by atoms with Crippen LogP contribution in [-0.4, -0.2) is 105 Å². The number of thiophene rings is 1. The van der Waals surface area contributed by atoms with Gasteiger partial charge >= 0.3 is 18.2 Å². The van der Waals surface area contributed by atoms with E-state index >= 15 is 8.78 Å². The molecule has 3 saturated heterocycles. The lowest BCUT2D eigenvalue weighted by Crippen LogP contribution is -2.70. The highest BCUT2D eigenvalue weighted by Crippen LogP contribution is 2.49. The molecule has 4 aliphatic heterocycles. The van der Waals surface area contributed by atoms with Gasteiger partial charge in [-0.1, -0.05) is 0 Å². The fourth-order valence-corrected chi connectivity index (χ4v) is 8.87. The van der Waals surface area contributed by atoms with Crippen LogP contribution in [0.15, 0.2) is 6.20 Å². The summed E-state index contributed by atoms with van der Waals surface area (Å²) >= 11 is 0.799. The van der Waals surface area contributed by atoms with Crippen molar-refractivity contribution in [1.29, 1.82) is 5.26 Å². The number of carbonyl (C=O) groups is 2. The Kier molecular flexibility index (Phi) is 8.50. The van der Waals surface area contributed by atoms with Gasteiger partial charge < -0.3 is 29.1 Å². The number of amides is 2. The van der Waals surface area contributed by atoms with Gasteiger partial charge in [0, 0.05) is 36.6 Å². The number of carboxylic acid groups (broad SMARTS) is 1. The molecule has 14 nitrogen and oxygen atoms in total. The highest BCUT2D eigenvalue weighted by molar-refractivity contribution is 7.23. The molecule has 4 atom stereocenters. The normalized spacial score (nSPS) is 22.5. The summed E-state index contributed by atoms with van der Waals surface area (Å²) in [4.78, 5) is 43.3. The van der Waals surface area contributed by atoms with Crippen molar-refractivity contribution in [2.24, 2.45) is 0 Å². The van der Waals surface area contributed by atoms with E-state index in [0.717, 1.165) is 17.5 Å². The summed E-state index contributed by atoms with van der Waals surface area (Å²) in [5, 5.41) is 22.9. The van der Waals surface area contributed by atoms with Crippen LogP contribution >= 0.6 is 11.3 Å². The molecule has 7 heterocycles. The number of rotatable bonds is 6. The first-order valence-corrected chi connectivity index (χ1v) is 17.9. The molecule has 2 N–H and O–H groups in total. The number of nitrogens with zero attached hydrogens (tertiary/aromatic N) is 7. The van der Waals surface area contributed by atoms with Crippen molar-refractivity contribution in [3.05, 3.63) is 34.5 Å². The van der Waals surface area contributed by atoms with Gasteiger partial charge in [0.15, 0.2) is 11.6 Å². The molecule has 4 aliphatic rings. The Labute approximate surface area is 305 Å². The lowest BCUT2D eigenvalue weighted by Gasteiger charge is -2.56. The molecule has 1 aromatic carbocycles. The summed E-state index contributed by atoms with van der Waals surface area (Å²) in [6, 6.07) is 1.15. The van der Waals surface area contributed by atoms with Gasteiger partial charge in [-0.15, -0.1) is 11.3 Å². The molecule has 2 amide bonds. The Bertz CT molecular complexity index is 2230. The molecule has 278 valence electrons. The van der Waals surface area contributed by atoms with E-state index in [4.69, 9.17) is 19.2 Å². The van der Waals surface area contributed by atoms with Gasteiger partial charge in [-0.25, -0.2) is 22.8 Å². The summed E-state index contributed by atoms with van der Waals surface area (Å²) in [6.45, 7) is 5.77. The lowest BCUT2D eigenvalue weighted by molar-refractivity contribution is 0.0636. The minimum Gasteiger partial charge on any atom is -0.465 e. The van der Waals surface area contributed by atoms with Crippen molar-refractivity contribution in [2.45, 2.75) is 76.7 Å². The predicted molar refractivity (Wildman–Crippen MR) is 187 cm³/mol. The molecular formula is C35H35F3N8O6S. The lowest BCUT2D eigenvalue weighted by atomic mass is 9.86. The van der Waals surface area contributed by atoms with Crippen LogP contribution in [0.2, 0.25) is 0 Å². The Morgan fingerprint density at radius 1 is 1.13 bits per heavy atom. The first-order valence-electron chi connectivity index (χ1n) is 17.1. The van der Waals surface area contributed by atoms with Gasteiger partial charge in [-0.3, -0.25) is 15.2 Å². The zero-order chi connectivity index (χ0) is 37.5. The highest BCUT2D eigenvalue weighted by atomic mass is 32.1. The molecular weight excluding hydrogens is 717 g/mol. The number of piperidine rings is 1. The van der Waals surface area contributed by atoms with Crippen molar-refractivity contribution in [3.8, 4) is 23.3 Å². The average Bonchev–Trinajstić information content (AvgIpc) is 3.80. The molecule has 3 fully saturated rings. The smallest absolute Gasteiger partial charge is 0.412 e. The molecule has 2 unspecified atom stereocenters. The van der Waals surface area contributed by atoms with E-state index in [2.05, 4.69) is 15.3 Å². The number of aromatic nitrogens is 3. The number of hydrogen-bond acceptors (Lipinski definition) is 12. The van der Waals surface area contributed by atoms with E-state index in [1.807, 2.05) is 15.9 Å². The molecule has 0 aliphatic carbocycles. The maximum Gasteiger partial charge on any atom is 0.412 e. The number of nitrogens with one attached hydrogen (secondary N) is 1. The number of halogens is 3. The number of ether oxygens (including phenoxy) is 3. The monoisotopic (exact) mass is 752 g/mol. The SMILES string of the molecule is CN1C[C@H](F)C[C@H]1COc1nc(N2C3CC2CN(C(=O)O)C3)c2c3c(c(-c4ncc(F)c5sc(NC(=O)OC(C)(C)C)c(C#N)c45)c(F)c2n1)COC3. The Hall–Kier alpha value is -4.99. The fourth-order valence-electron chi connectivity index (χ4n) is 7.83. The number of pyridine rings is 1. The van der Waals surface area contributed by atoms with Crippen molar-refractivity contribution >= 4 is 55.3 Å². The largest absolute Gasteiger partial charge is 0.465 e. The van der Waals surface area contributed by atoms with Crippen LogP contribution < -0.4 is 15.0 Å². The van der Waals surface area contributed by atoms with Gasteiger partial charge in [-0.05, 0) is 51.8 Å². The molecule has 2 bridgehead atoms. The second-order valence-corrected chi connectivity index (χ2v) is 15.8. The van der Waals surface area contributed by atoms with Crippen molar-refractivity contribution in [3.63, 3.8) is 0 Å². The van der Waals surface area contributed by atoms with Crippen LogP contribution in [0.5, 0.6) is 6.01 Å². The molecule has 0 saturated carbocycles. The highest BCUT2D eigenvalue weighted by Gasteiger charge is 2.48. The Morgan fingerprint density at radius 3 is 2.53 bits per heavy atom. The summed E-state index contributed by atoms with van der Waals surface area (Å²) in [5.41, 5.74) is -0.237. The third kappa shape index (κ3) is 6.00. The van der Waals surface area contributed by atoms with Crippen molar-refractivity contribution in [1.82, 2.24) is 24.8 Å². The first kappa shape index (κ1) is 35.1. The molecule has 3 aromatic heterocycles. The van der Waals surface area contributed by atoms with Gasteiger partial charge in [0.25, 0.3) is 0 Å². The van der Waals surface area contributed by atoms with Crippen LogP contribution in [-0.2, 0) is 22.7 Å². The van der Waals surface area contributed by atoms with Crippen LogP contribution in [0.3, 0.4) is 0 Å². The minimum atomic E-state index is -1.03. The molecule has 8 rings (SSSR count). The standard InChI is InChI=1S/C35H35F3N8O6S/c1-35(2,3)52-33(47)43-31-19(7-39)24-27(40-8-22(37)29(24)53-31)23-20-13-50-14-21(20)25-28(26(23)38)41-32(51-12-18-5-15(36)9-44(18)4)42-30(25)46-16-6-17(46)11-45(10-16)34(48)49/h8,15-18H,5-6,9-14H2,1-4H3,(H,43,47)(H,48,49)/t15-,16?,17?,18+/m1/s1. The predicted octanol–water partition coefficient (Wildman–Crippen LogP) is 5.80. The Morgan fingerprint density at radius 2 is 1.87 bits per heavy atom. The topological polar surface area (TPSA) is 166 Å². The summed E-state index contributed by atoms with van der Waals surface area (Å²) in [7, 11) is 1.79. The number of likely N-dealkylation sites (tertiary alicyclic amines) is 2. The fraction of sp³-hybridized carbons (Fsp3) is 0.486. The van der Waals surface area contributed by atoms with Crippen LogP contribution in [0, 0.1) is 23.0 Å². The number of fused-ring (bicyclic) bond motifs is 6. The second kappa shape index (κ2) is 12.8. The van der Waals surface area contributed by atoms with E-state index in [1.165, 1.54) is 4.90 Å². The third-order valence-corrected chi connectivity index (χ3v) is 11.3. The quantitative estimate of drug-likeness (QED) is 0.244. The number of likely N-dealkylation sites (N-methyl/N-ethyl adjacent to an activating group) is 1. The number of benzene rings is 1. The number of anilines is 2. The van der Waals surface area contributed by atoms with Crippen LogP contribution in [0.4, 0.5) is 33.6 Å². The summed E-state index contributed by atoms with van der Waals surface area (Å²) in [5.74, 6) is -1.25. The van der Waals surface area contributed by atoms with Crippen LogP contribution in [0.25, 0.3) is 32.2 Å². The van der Waals surface area contributed by atoms with Gasteiger partial charge in [-0.2, -0.15) is 15.2 Å². The third-order valence-electron chi connectivity index (χ3n) is 10.1. The second-order valence-electron chi connectivity index (χ2n) is 14.8. The van der Waals surface area contributed by atoms with Gasteiger partial charge in [0.2, 0.25) is 0 Å². The molecule has 0 radical (unpaired) electrons. The van der Waals surface area contributed by atoms with Crippen molar-refractivity contribution < 1.29 is 42.1 Å². The van der Waals surface area contributed by atoms with Gasteiger partial charge in [0.05, 0.1) is 52.8 Å². The number of alkyl halides is 1. The molecule has 0 spiro atoms. The molecule has 53 heavy (non-hydrogen) atoms. The summed E-state index contributed by atoms with van der Waals surface area (Å²) < 4.78 is 64.3. The summed E-state index contributed by atoms with van der Waals surface area (Å²) in [6.07, 6.45) is -1.00.